The van der Waals surface area contributed by atoms with Crippen LogP contribution in [0.2, 0.25) is 0 Å². The fourth-order valence-corrected chi connectivity index (χ4v) is 3.56. The van der Waals surface area contributed by atoms with Gasteiger partial charge in [0.25, 0.3) is 0 Å². The highest BCUT2D eigenvalue weighted by Crippen LogP contribution is 2.33. The maximum Gasteiger partial charge on any atom is 0.163 e. The van der Waals surface area contributed by atoms with E-state index in [-0.39, 0.29) is 0 Å². The lowest BCUT2D eigenvalue weighted by Crippen LogP contribution is -2.37. The van der Waals surface area contributed by atoms with Crippen molar-refractivity contribution >= 4 is 27.4 Å². The molecule has 0 spiro atoms. The van der Waals surface area contributed by atoms with E-state index >= 15 is 0 Å². The van der Waals surface area contributed by atoms with Crippen LogP contribution < -0.4 is 4.90 Å². The summed E-state index contributed by atoms with van der Waals surface area (Å²) in [5.41, 5.74) is 2.17. The van der Waals surface area contributed by atoms with Gasteiger partial charge in [-0.25, -0.2) is 9.97 Å². The summed E-state index contributed by atoms with van der Waals surface area (Å²) in [5, 5.41) is 4.45. The number of anilines is 1. The van der Waals surface area contributed by atoms with E-state index in [4.69, 9.17) is 14.7 Å². The Kier molecular flexibility index (Phi) is 3.52. The van der Waals surface area contributed by atoms with E-state index in [1.54, 1.807) is 11.3 Å². The molecule has 0 amide bonds. The number of thiophene rings is 1. The first-order valence-corrected chi connectivity index (χ1v) is 8.21. The number of nitrogens with zero attached hydrogens (tertiary/aromatic N) is 3. The normalized spacial score (nSPS) is 15.4. The summed E-state index contributed by atoms with van der Waals surface area (Å²) < 4.78 is 5.47. The zero-order valence-corrected chi connectivity index (χ0v) is 13.2. The van der Waals surface area contributed by atoms with Gasteiger partial charge in [0, 0.05) is 18.7 Å². The molecule has 111 valence electrons. The number of benzene rings is 1. The summed E-state index contributed by atoms with van der Waals surface area (Å²) in [6, 6.07) is 10.1. The van der Waals surface area contributed by atoms with Crippen molar-refractivity contribution < 1.29 is 4.74 Å². The van der Waals surface area contributed by atoms with Gasteiger partial charge < -0.3 is 9.64 Å². The first-order chi connectivity index (χ1) is 10.8. The van der Waals surface area contributed by atoms with Crippen LogP contribution in [-0.2, 0) is 4.74 Å². The Hall–Kier alpha value is -1.98. The van der Waals surface area contributed by atoms with Crippen LogP contribution >= 0.6 is 11.3 Å². The van der Waals surface area contributed by atoms with Gasteiger partial charge >= 0.3 is 0 Å². The van der Waals surface area contributed by atoms with Crippen LogP contribution in [0, 0.1) is 12.3 Å². The molecule has 22 heavy (non-hydrogen) atoms. The molecule has 1 aromatic carbocycles. The van der Waals surface area contributed by atoms with Gasteiger partial charge in [-0.3, -0.25) is 0 Å². The molecule has 0 N–H and O–H groups in total. The van der Waals surface area contributed by atoms with Gasteiger partial charge in [0.1, 0.15) is 10.6 Å². The molecular formula is C17H16N3OS. The van der Waals surface area contributed by atoms with Gasteiger partial charge in [-0.15, -0.1) is 11.3 Å². The molecule has 2 aromatic heterocycles. The topological polar surface area (TPSA) is 38.2 Å². The Bertz CT molecular complexity index is 794. The molecule has 1 saturated heterocycles. The third-order valence-electron chi connectivity index (χ3n) is 3.88. The number of hydrogen-bond donors (Lipinski definition) is 0. The predicted octanol–water partition coefficient (Wildman–Crippen LogP) is 3.30. The van der Waals surface area contributed by atoms with E-state index in [0.717, 1.165) is 59.3 Å². The molecule has 4 nitrogen and oxygen atoms in total. The predicted molar refractivity (Wildman–Crippen MR) is 89.5 cm³/mol. The molecular weight excluding hydrogens is 294 g/mol. The second-order valence-corrected chi connectivity index (χ2v) is 6.14. The van der Waals surface area contributed by atoms with Gasteiger partial charge in [0.05, 0.1) is 24.0 Å². The SMILES string of the molecule is Cc1[c]sc2nc(-c3ccccc3)nc(N3CCOCC3)c12. The van der Waals surface area contributed by atoms with E-state index in [9.17, 15) is 0 Å². The lowest BCUT2D eigenvalue weighted by molar-refractivity contribution is 0.122. The van der Waals surface area contributed by atoms with Crippen molar-refractivity contribution in [2.75, 3.05) is 31.2 Å². The van der Waals surface area contributed by atoms with Gasteiger partial charge in [0.15, 0.2) is 5.82 Å². The van der Waals surface area contributed by atoms with Crippen molar-refractivity contribution in [3.63, 3.8) is 0 Å². The molecule has 3 heterocycles. The maximum atomic E-state index is 5.47. The van der Waals surface area contributed by atoms with Crippen LogP contribution in [0.3, 0.4) is 0 Å². The summed E-state index contributed by atoms with van der Waals surface area (Å²) >= 11 is 1.57. The molecule has 0 aliphatic carbocycles. The van der Waals surface area contributed by atoms with Crippen LogP contribution in [0.4, 0.5) is 5.82 Å². The summed E-state index contributed by atoms with van der Waals surface area (Å²) in [6.07, 6.45) is 0. The van der Waals surface area contributed by atoms with Crippen LogP contribution in [0.25, 0.3) is 21.6 Å². The van der Waals surface area contributed by atoms with Crippen molar-refractivity contribution in [1.82, 2.24) is 9.97 Å². The van der Waals surface area contributed by atoms with Crippen LogP contribution in [0.5, 0.6) is 0 Å². The van der Waals surface area contributed by atoms with Crippen LogP contribution in [0.1, 0.15) is 5.56 Å². The van der Waals surface area contributed by atoms with E-state index in [2.05, 4.69) is 29.3 Å². The molecule has 1 aliphatic heterocycles. The zero-order chi connectivity index (χ0) is 14.9. The van der Waals surface area contributed by atoms with Crippen molar-refractivity contribution in [3.05, 3.63) is 41.3 Å². The number of rotatable bonds is 2. The summed E-state index contributed by atoms with van der Waals surface area (Å²) in [7, 11) is 0. The zero-order valence-electron chi connectivity index (χ0n) is 12.4. The fourth-order valence-electron chi connectivity index (χ4n) is 2.73. The Balaban J connectivity index is 1.90. The lowest BCUT2D eigenvalue weighted by Gasteiger charge is -2.28. The largest absolute Gasteiger partial charge is 0.378 e. The minimum Gasteiger partial charge on any atom is -0.378 e. The second kappa shape index (κ2) is 5.66. The van der Waals surface area contributed by atoms with Crippen LogP contribution in [0.15, 0.2) is 30.3 Å². The Labute approximate surface area is 133 Å². The first kappa shape index (κ1) is 13.7. The van der Waals surface area contributed by atoms with Crippen molar-refractivity contribution in [3.8, 4) is 11.4 Å². The molecule has 3 aromatic rings. The highest BCUT2D eigenvalue weighted by molar-refractivity contribution is 7.16. The van der Waals surface area contributed by atoms with Crippen molar-refractivity contribution in [2.45, 2.75) is 6.92 Å². The monoisotopic (exact) mass is 310 g/mol. The third-order valence-corrected chi connectivity index (χ3v) is 4.77. The van der Waals surface area contributed by atoms with E-state index in [1.807, 2.05) is 18.2 Å². The van der Waals surface area contributed by atoms with Crippen molar-refractivity contribution in [2.24, 2.45) is 0 Å². The third kappa shape index (κ3) is 2.36. The molecule has 0 unspecified atom stereocenters. The minimum atomic E-state index is 0.749. The second-order valence-electron chi connectivity index (χ2n) is 5.35. The van der Waals surface area contributed by atoms with Gasteiger partial charge in [-0.05, 0) is 12.5 Å². The van der Waals surface area contributed by atoms with E-state index in [1.165, 1.54) is 0 Å². The number of ether oxygens (including phenoxy) is 1. The molecule has 4 rings (SSSR count). The Morgan fingerprint density at radius 1 is 1.14 bits per heavy atom. The molecule has 1 fully saturated rings. The highest BCUT2D eigenvalue weighted by atomic mass is 32.1. The standard InChI is InChI=1S/C17H16N3OS/c1-12-11-22-17-14(12)16(20-7-9-21-10-8-20)18-15(19-17)13-5-3-2-4-6-13/h2-6H,7-10H2,1H3. The summed E-state index contributed by atoms with van der Waals surface area (Å²) in [5.74, 6) is 1.80. The first-order valence-electron chi connectivity index (χ1n) is 7.40. The molecule has 1 radical (unpaired) electrons. The molecule has 5 heteroatoms. The Morgan fingerprint density at radius 3 is 2.68 bits per heavy atom. The van der Waals surface area contributed by atoms with E-state index in [0.29, 0.717) is 0 Å². The molecule has 0 atom stereocenters. The Morgan fingerprint density at radius 2 is 1.91 bits per heavy atom. The summed E-state index contributed by atoms with van der Waals surface area (Å²) in [6.45, 7) is 5.32. The van der Waals surface area contributed by atoms with Crippen molar-refractivity contribution in [1.29, 1.82) is 0 Å². The minimum absolute atomic E-state index is 0.749. The quantitative estimate of drug-likeness (QED) is 0.728. The lowest BCUT2D eigenvalue weighted by atomic mass is 10.2. The van der Waals surface area contributed by atoms with Gasteiger partial charge in [-0.2, -0.15) is 0 Å². The average molecular weight is 310 g/mol. The number of morpholine rings is 1. The molecule has 0 bridgehead atoms. The van der Waals surface area contributed by atoms with Gasteiger partial charge in [0.2, 0.25) is 0 Å². The number of fused-ring (bicyclic) bond motifs is 1. The highest BCUT2D eigenvalue weighted by Gasteiger charge is 2.20. The number of hydrogen-bond acceptors (Lipinski definition) is 5. The summed E-state index contributed by atoms with van der Waals surface area (Å²) in [4.78, 5) is 12.9. The van der Waals surface area contributed by atoms with Crippen LogP contribution in [-0.4, -0.2) is 36.3 Å². The number of aryl methyl sites for hydroxylation is 1. The maximum absolute atomic E-state index is 5.47. The number of aromatic nitrogens is 2. The smallest absolute Gasteiger partial charge is 0.163 e. The molecule has 1 aliphatic rings. The van der Waals surface area contributed by atoms with E-state index < -0.39 is 0 Å². The fraction of sp³-hybridized carbons (Fsp3) is 0.294. The van der Waals surface area contributed by atoms with Gasteiger partial charge in [-0.1, -0.05) is 30.3 Å². The molecule has 0 saturated carbocycles. The average Bonchev–Trinajstić information content (AvgIpc) is 2.97.